The van der Waals surface area contributed by atoms with Gasteiger partial charge in [0.2, 0.25) is 0 Å². The fourth-order valence-corrected chi connectivity index (χ4v) is 8.52. The van der Waals surface area contributed by atoms with Crippen LogP contribution in [0.15, 0.2) is 36.4 Å². The molecular formula is C34H62O6SSi2. The molecule has 1 aromatic carbocycles. The topological polar surface area (TPSA) is 82.1 Å². The molecule has 1 N–H and O–H groups in total. The average molecular weight is 655 g/mol. The molecule has 0 saturated heterocycles. The van der Waals surface area contributed by atoms with E-state index in [1.165, 1.54) is 6.42 Å². The molecule has 1 aromatic rings. The summed E-state index contributed by atoms with van der Waals surface area (Å²) in [6.07, 6.45) is 11.6. The molecule has 1 fully saturated rings. The van der Waals surface area contributed by atoms with Gasteiger partial charge < -0.3 is 14.0 Å². The second kappa shape index (κ2) is 15.1. The van der Waals surface area contributed by atoms with Gasteiger partial charge in [-0.3, -0.25) is 4.18 Å². The maximum Gasteiger partial charge on any atom is 0.264 e. The molecule has 5 atom stereocenters. The maximum absolute atomic E-state index is 12.1. The average Bonchev–Trinajstić information content (AvgIpc) is 3.14. The third-order valence-corrected chi connectivity index (χ3v) is 19.7. The molecule has 0 aromatic heterocycles. The van der Waals surface area contributed by atoms with E-state index in [2.05, 4.69) is 86.8 Å². The van der Waals surface area contributed by atoms with Crippen LogP contribution in [0.5, 0.6) is 5.75 Å². The van der Waals surface area contributed by atoms with Gasteiger partial charge in [0.25, 0.3) is 10.1 Å². The minimum Gasteiger partial charge on any atom is -0.508 e. The molecule has 248 valence electrons. The number of rotatable bonds is 15. The molecule has 1 aliphatic carbocycles. The summed E-state index contributed by atoms with van der Waals surface area (Å²) in [6.45, 7) is 25.2. The zero-order valence-corrected chi connectivity index (χ0v) is 32.0. The van der Waals surface area contributed by atoms with Gasteiger partial charge in [0, 0.05) is 5.92 Å². The van der Waals surface area contributed by atoms with Crippen molar-refractivity contribution in [2.45, 2.75) is 135 Å². The van der Waals surface area contributed by atoms with Crippen molar-refractivity contribution >= 4 is 26.8 Å². The maximum atomic E-state index is 12.1. The first-order valence-electron chi connectivity index (χ1n) is 16.2. The second-order valence-electron chi connectivity index (χ2n) is 15.8. The highest BCUT2D eigenvalue weighted by Gasteiger charge is 2.48. The molecule has 0 unspecified atom stereocenters. The first-order valence-corrected chi connectivity index (χ1v) is 23.9. The van der Waals surface area contributed by atoms with E-state index in [4.69, 9.17) is 13.0 Å². The molecule has 6 nitrogen and oxygen atoms in total. The molecule has 1 saturated carbocycles. The van der Waals surface area contributed by atoms with Crippen molar-refractivity contribution in [1.29, 1.82) is 0 Å². The summed E-state index contributed by atoms with van der Waals surface area (Å²) in [6, 6.07) is 7.39. The Bertz CT molecular complexity index is 1150. The first kappa shape index (κ1) is 38.2. The first-order chi connectivity index (χ1) is 19.6. The minimum absolute atomic E-state index is 0.0126. The van der Waals surface area contributed by atoms with E-state index < -0.39 is 26.8 Å². The molecule has 0 radical (unpaired) electrons. The molecule has 0 bridgehead atoms. The van der Waals surface area contributed by atoms with Gasteiger partial charge in [0.15, 0.2) is 16.6 Å². The molecule has 0 amide bonds. The van der Waals surface area contributed by atoms with Crippen LogP contribution >= 0.6 is 0 Å². The van der Waals surface area contributed by atoms with Crippen LogP contribution in [-0.4, -0.2) is 55.2 Å². The van der Waals surface area contributed by atoms with Crippen LogP contribution in [0.1, 0.15) is 86.1 Å². The number of phenols is 1. The standard InChI is InChI=1S/C34H62O6SSi2/c1-13-14-15-19-29(39-42(9,10)33(2,3)4)20-21-30-31(23-26-17-16-18-28(35)22-26)27(25-38-41(8,36)37)24-32(30)40-43(11,12)34(5,6)7/h16-18,20-22,27,29-32,35H,13-15,19,23-25H2,1-12H3/b21-20+/t27-,29+,30-,31+,32-/m1/s1. The van der Waals surface area contributed by atoms with Gasteiger partial charge >= 0.3 is 0 Å². The van der Waals surface area contributed by atoms with Crippen molar-refractivity contribution < 1.29 is 26.6 Å². The number of hydrogen-bond acceptors (Lipinski definition) is 6. The van der Waals surface area contributed by atoms with Gasteiger partial charge in [0.1, 0.15) is 5.75 Å². The van der Waals surface area contributed by atoms with Crippen molar-refractivity contribution in [2.24, 2.45) is 17.8 Å². The Balaban J connectivity index is 2.56. The molecule has 43 heavy (non-hydrogen) atoms. The molecule has 9 heteroatoms. The SMILES string of the molecule is CCCCC[C@@H](/C=C/[C@@H]1[C@@H](Cc2cccc(O)c2)[C@@H](COS(C)(=O)=O)C[C@H]1O[Si](C)(C)C(C)(C)C)O[Si](C)(C)C(C)(C)C. The lowest BCUT2D eigenvalue weighted by molar-refractivity contribution is 0.147. The Morgan fingerprint density at radius 1 is 1.02 bits per heavy atom. The summed E-state index contributed by atoms with van der Waals surface area (Å²) in [7, 11) is -7.73. The zero-order chi connectivity index (χ0) is 32.9. The van der Waals surface area contributed by atoms with Gasteiger partial charge in [-0.2, -0.15) is 8.42 Å². The molecular weight excluding hydrogens is 593 g/mol. The normalized spacial score (nSPS) is 23.3. The van der Waals surface area contributed by atoms with Crippen LogP contribution in [0, 0.1) is 17.8 Å². The second-order valence-corrected chi connectivity index (χ2v) is 27.0. The van der Waals surface area contributed by atoms with Gasteiger partial charge in [-0.05, 0) is 85.1 Å². The summed E-state index contributed by atoms with van der Waals surface area (Å²) in [5, 5.41) is 10.4. The van der Waals surface area contributed by atoms with Crippen molar-refractivity contribution in [3.63, 3.8) is 0 Å². The van der Waals surface area contributed by atoms with Crippen LogP contribution in [0.3, 0.4) is 0 Å². The smallest absolute Gasteiger partial charge is 0.264 e. The molecule has 2 rings (SSSR count). The van der Waals surface area contributed by atoms with Gasteiger partial charge in [-0.25, -0.2) is 0 Å². The summed E-state index contributed by atoms with van der Waals surface area (Å²) in [4.78, 5) is 0. The van der Waals surface area contributed by atoms with E-state index in [0.29, 0.717) is 6.42 Å². The fourth-order valence-electron chi connectivity index (χ4n) is 5.43. The quantitative estimate of drug-likeness (QED) is 0.0879. The molecule has 1 aliphatic rings. The van der Waals surface area contributed by atoms with Gasteiger partial charge in [0.05, 0.1) is 25.1 Å². The Kier molecular flexibility index (Phi) is 13.4. The van der Waals surface area contributed by atoms with E-state index >= 15 is 0 Å². The highest BCUT2D eigenvalue weighted by Crippen LogP contribution is 2.47. The number of benzene rings is 1. The number of hydrogen-bond donors (Lipinski definition) is 1. The monoisotopic (exact) mass is 654 g/mol. The number of aromatic hydroxyl groups is 1. The van der Waals surface area contributed by atoms with Crippen molar-refractivity contribution in [3.8, 4) is 5.75 Å². The minimum atomic E-state index is -3.59. The van der Waals surface area contributed by atoms with Crippen LogP contribution in [0.25, 0.3) is 0 Å². The Labute approximate surface area is 266 Å². The van der Waals surface area contributed by atoms with Crippen LogP contribution in [-0.2, 0) is 29.6 Å². The Morgan fingerprint density at radius 3 is 2.19 bits per heavy atom. The molecule has 0 aliphatic heterocycles. The third-order valence-electron chi connectivity index (χ3n) is 10.1. The summed E-state index contributed by atoms with van der Waals surface area (Å²) >= 11 is 0. The van der Waals surface area contributed by atoms with Crippen molar-refractivity contribution in [2.75, 3.05) is 12.9 Å². The van der Waals surface area contributed by atoms with E-state index in [1.807, 2.05) is 18.2 Å². The van der Waals surface area contributed by atoms with E-state index in [1.54, 1.807) is 6.07 Å². The van der Waals surface area contributed by atoms with Crippen LogP contribution in [0.4, 0.5) is 0 Å². The Hall–Kier alpha value is -0.976. The Morgan fingerprint density at radius 2 is 1.65 bits per heavy atom. The highest BCUT2D eigenvalue weighted by atomic mass is 32.2. The lowest BCUT2D eigenvalue weighted by Gasteiger charge is -2.40. The van der Waals surface area contributed by atoms with Crippen LogP contribution in [0.2, 0.25) is 36.3 Å². The van der Waals surface area contributed by atoms with E-state index in [-0.39, 0.29) is 52.4 Å². The zero-order valence-electron chi connectivity index (χ0n) is 29.2. The molecule has 0 spiro atoms. The lowest BCUT2D eigenvalue weighted by atomic mass is 9.83. The third kappa shape index (κ3) is 11.7. The largest absolute Gasteiger partial charge is 0.508 e. The van der Waals surface area contributed by atoms with Gasteiger partial charge in [-0.15, -0.1) is 0 Å². The number of unbranched alkanes of at least 4 members (excludes halogenated alkanes) is 2. The van der Waals surface area contributed by atoms with Crippen molar-refractivity contribution in [3.05, 3.63) is 42.0 Å². The summed E-state index contributed by atoms with van der Waals surface area (Å²) < 4.78 is 43.7. The number of phenolic OH excluding ortho intramolecular Hbond substituents is 1. The highest BCUT2D eigenvalue weighted by molar-refractivity contribution is 7.85. The summed E-state index contributed by atoms with van der Waals surface area (Å²) in [5.74, 6) is 0.362. The summed E-state index contributed by atoms with van der Waals surface area (Å²) in [5.41, 5.74) is 1.03. The van der Waals surface area contributed by atoms with E-state index in [9.17, 15) is 13.5 Å². The van der Waals surface area contributed by atoms with Crippen LogP contribution < -0.4 is 0 Å². The predicted octanol–water partition coefficient (Wildman–Crippen LogP) is 9.08. The van der Waals surface area contributed by atoms with Gasteiger partial charge in [-0.1, -0.05) is 92.0 Å². The molecule has 0 heterocycles. The van der Waals surface area contributed by atoms with Crippen molar-refractivity contribution in [1.82, 2.24) is 0 Å². The fraction of sp³-hybridized carbons (Fsp3) is 0.765. The lowest BCUT2D eigenvalue weighted by Crippen LogP contribution is -2.45. The van der Waals surface area contributed by atoms with E-state index in [0.717, 1.165) is 37.5 Å². The predicted molar refractivity (Wildman–Crippen MR) is 185 cm³/mol.